The van der Waals surface area contributed by atoms with Crippen molar-refractivity contribution in [1.82, 2.24) is 4.98 Å². The molecule has 0 saturated heterocycles. The van der Waals surface area contributed by atoms with Gasteiger partial charge in [0.25, 0.3) is 0 Å². The van der Waals surface area contributed by atoms with Gasteiger partial charge in [0.2, 0.25) is 0 Å². The molecule has 0 aliphatic heterocycles. The van der Waals surface area contributed by atoms with Crippen molar-refractivity contribution >= 4 is 28.1 Å². The smallest absolute Gasteiger partial charge is 0.185 e. The molecule has 0 radical (unpaired) electrons. The van der Waals surface area contributed by atoms with E-state index in [9.17, 15) is 0 Å². The molecule has 1 aliphatic carbocycles. The maximum atomic E-state index is 8.84. The van der Waals surface area contributed by atoms with Gasteiger partial charge in [0.05, 0.1) is 0 Å². The van der Waals surface area contributed by atoms with E-state index in [0.717, 1.165) is 5.13 Å². The minimum absolute atomic E-state index is 0.321. The zero-order chi connectivity index (χ0) is 12.3. The highest BCUT2D eigenvalue weighted by atomic mass is 35.5. The van der Waals surface area contributed by atoms with Gasteiger partial charge in [0.15, 0.2) is 10.3 Å². The minimum Gasteiger partial charge on any atom is -0.358 e. The first-order valence-electron chi connectivity index (χ1n) is 6.03. The molecule has 0 aromatic carbocycles. The number of hydrogen-bond donors (Lipinski definition) is 1. The van der Waals surface area contributed by atoms with E-state index in [1.54, 1.807) is 0 Å². The van der Waals surface area contributed by atoms with Crippen LogP contribution in [0.1, 0.15) is 43.9 Å². The Bertz CT molecular complexity index is 424. The number of halogens is 1. The Morgan fingerprint density at radius 2 is 2.18 bits per heavy atom. The van der Waals surface area contributed by atoms with Crippen molar-refractivity contribution in [3.8, 4) is 6.07 Å². The summed E-state index contributed by atoms with van der Waals surface area (Å²) in [5.41, 5.74) is 0. The quantitative estimate of drug-likeness (QED) is 0.824. The number of aromatic nitrogens is 1. The topological polar surface area (TPSA) is 48.7 Å². The maximum absolute atomic E-state index is 8.84. The predicted octanol–water partition coefficient (Wildman–Crippen LogP) is 4.05. The summed E-state index contributed by atoms with van der Waals surface area (Å²) in [7, 11) is 0. The lowest BCUT2D eigenvalue weighted by Gasteiger charge is -2.22. The van der Waals surface area contributed by atoms with Crippen LogP contribution < -0.4 is 5.32 Å². The van der Waals surface area contributed by atoms with Gasteiger partial charge in [-0.1, -0.05) is 49.1 Å². The molecule has 3 nitrogen and oxygen atoms in total. The van der Waals surface area contributed by atoms with Gasteiger partial charge < -0.3 is 5.32 Å². The maximum Gasteiger partial charge on any atom is 0.185 e. The van der Waals surface area contributed by atoms with Crippen LogP contribution in [0.15, 0.2) is 0 Å². The Morgan fingerprint density at radius 3 is 2.88 bits per heavy atom. The van der Waals surface area contributed by atoms with Gasteiger partial charge in [-0.15, -0.1) is 0 Å². The summed E-state index contributed by atoms with van der Waals surface area (Å²) in [5.74, 6) is 0.658. The molecule has 2 atom stereocenters. The molecule has 2 rings (SSSR count). The summed E-state index contributed by atoms with van der Waals surface area (Å²) < 4.78 is 0. The van der Waals surface area contributed by atoms with Gasteiger partial charge in [0.1, 0.15) is 10.9 Å². The van der Waals surface area contributed by atoms with E-state index in [2.05, 4.69) is 23.3 Å². The third-order valence-corrected chi connectivity index (χ3v) is 4.63. The van der Waals surface area contributed by atoms with E-state index in [0.29, 0.717) is 22.0 Å². The highest BCUT2D eigenvalue weighted by Crippen LogP contribution is 2.30. The molecule has 1 fully saturated rings. The molecular formula is C12H16ClN3S. The predicted molar refractivity (Wildman–Crippen MR) is 71.5 cm³/mol. The number of nitrogens with one attached hydrogen (secondary N) is 1. The van der Waals surface area contributed by atoms with Crippen molar-refractivity contribution in [2.45, 2.75) is 45.1 Å². The van der Waals surface area contributed by atoms with Crippen molar-refractivity contribution in [1.29, 1.82) is 5.26 Å². The van der Waals surface area contributed by atoms with Gasteiger partial charge in [0, 0.05) is 6.04 Å². The van der Waals surface area contributed by atoms with Crippen molar-refractivity contribution in [3.63, 3.8) is 0 Å². The van der Waals surface area contributed by atoms with E-state index >= 15 is 0 Å². The highest BCUT2D eigenvalue weighted by Gasteiger charge is 2.21. The Balaban J connectivity index is 2.06. The number of nitrogens with zero attached hydrogens (tertiary/aromatic N) is 2. The largest absolute Gasteiger partial charge is 0.358 e. The average molecular weight is 270 g/mol. The summed E-state index contributed by atoms with van der Waals surface area (Å²) in [5, 5.41) is 13.4. The molecule has 2 unspecified atom stereocenters. The molecule has 5 heteroatoms. The van der Waals surface area contributed by atoms with Crippen molar-refractivity contribution in [3.05, 3.63) is 10.0 Å². The molecule has 92 valence electrons. The Morgan fingerprint density at radius 1 is 1.41 bits per heavy atom. The van der Waals surface area contributed by atoms with E-state index in [1.807, 2.05) is 0 Å². The first kappa shape index (κ1) is 12.7. The lowest BCUT2D eigenvalue weighted by Crippen LogP contribution is -2.26. The summed E-state index contributed by atoms with van der Waals surface area (Å²) in [4.78, 5) is 4.69. The highest BCUT2D eigenvalue weighted by molar-refractivity contribution is 7.16. The summed E-state index contributed by atoms with van der Waals surface area (Å²) >= 11 is 7.21. The van der Waals surface area contributed by atoms with Crippen LogP contribution in [0.3, 0.4) is 0 Å². The SMILES string of the molecule is CC1CCCCCC1Nc1nc(Cl)c(C#N)s1. The van der Waals surface area contributed by atoms with Crippen LogP contribution in [0.5, 0.6) is 0 Å². The minimum atomic E-state index is 0.321. The summed E-state index contributed by atoms with van der Waals surface area (Å²) in [6.45, 7) is 2.28. The Kier molecular flexibility index (Phi) is 4.25. The van der Waals surface area contributed by atoms with Crippen molar-refractivity contribution in [2.24, 2.45) is 5.92 Å². The second-order valence-corrected chi connectivity index (χ2v) is 5.97. The number of thiazole rings is 1. The van der Waals surface area contributed by atoms with Crippen LogP contribution in [-0.2, 0) is 0 Å². The third-order valence-electron chi connectivity index (χ3n) is 3.36. The van der Waals surface area contributed by atoms with Gasteiger partial charge in [-0.3, -0.25) is 0 Å². The summed E-state index contributed by atoms with van der Waals surface area (Å²) in [6.07, 6.45) is 6.36. The average Bonchev–Trinajstić information content (AvgIpc) is 2.54. The van der Waals surface area contributed by atoms with Crippen LogP contribution in [-0.4, -0.2) is 11.0 Å². The lowest BCUT2D eigenvalue weighted by molar-refractivity contribution is 0.456. The van der Waals surface area contributed by atoms with Gasteiger partial charge in [-0.05, 0) is 18.8 Å². The van der Waals surface area contributed by atoms with Crippen LogP contribution >= 0.6 is 22.9 Å². The Hall–Kier alpha value is -0.790. The Labute approximate surface area is 111 Å². The van der Waals surface area contributed by atoms with Crippen molar-refractivity contribution in [2.75, 3.05) is 5.32 Å². The van der Waals surface area contributed by atoms with E-state index in [-0.39, 0.29) is 0 Å². The lowest BCUT2D eigenvalue weighted by atomic mass is 9.97. The standard InChI is InChI=1S/C12H16ClN3S/c1-8-5-3-2-4-6-9(8)15-12-16-11(13)10(7-14)17-12/h8-9H,2-6H2,1H3,(H,15,16). The molecule has 1 heterocycles. The van der Waals surface area contributed by atoms with Crippen molar-refractivity contribution < 1.29 is 0 Å². The molecule has 1 aromatic rings. The van der Waals surface area contributed by atoms with E-state index < -0.39 is 0 Å². The summed E-state index contributed by atoms with van der Waals surface area (Å²) in [6, 6.07) is 2.52. The number of rotatable bonds is 2. The molecule has 0 spiro atoms. The van der Waals surface area contributed by atoms with E-state index in [1.165, 1.54) is 43.4 Å². The molecular weight excluding hydrogens is 254 g/mol. The molecule has 17 heavy (non-hydrogen) atoms. The van der Waals surface area contributed by atoms with Gasteiger partial charge in [-0.25, -0.2) is 4.98 Å². The molecule has 0 bridgehead atoms. The zero-order valence-corrected chi connectivity index (χ0v) is 11.4. The monoisotopic (exact) mass is 269 g/mol. The van der Waals surface area contributed by atoms with Crippen LogP contribution in [0.25, 0.3) is 0 Å². The second kappa shape index (κ2) is 5.70. The fraction of sp³-hybridized carbons (Fsp3) is 0.667. The van der Waals surface area contributed by atoms with Crippen LogP contribution in [0.4, 0.5) is 5.13 Å². The van der Waals surface area contributed by atoms with Gasteiger partial charge in [-0.2, -0.15) is 5.26 Å². The second-order valence-electron chi connectivity index (χ2n) is 4.62. The number of anilines is 1. The number of hydrogen-bond acceptors (Lipinski definition) is 4. The first-order chi connectivity index (χ1) is 8.20. The molecule has 1 N–H and O–H groups in total. The first-order valence-corrected chi connectivity index (χ1v) is 7.23. The fourth-order valence-corrected chi connectivity index (χ4v) is 3.31. The zero-order valence-electron chi connectivity index (χ0n) is 9.87. The molecule has 1 saturated carbocycles. The molecule has 0 amide bonds. The normalized spacial score (nSPS) is 25.0. The van der Waals surface area contributed by atoms with Crippen LogP contribution in [0.2, 0.25) is 5.15 Å². The van der Waals surface area contributed by atoms with Gasteiger partial charge >= 0.3 is 0 Å². The molecule has 1 aliphatic rings. The van der Waals surface area contributed by atoms with Crippen LogP contribution in [0, 0.1) is 17.2 Å². The molecule has 1 aromatic heterocycles. The van der Waals surface area contributed by atoms with E-state index in [4.69, 9.17) is 16.9 Å². The number of nitriles is 1. The fourth-order valence-electron chi connectivity index (χ4n) is 2.30. The third kappa shape index (κ3) is 3.11.